The number of hydrogen-bond acceptors (Lipinski definition) is 5. The number of nitrogens with zero attached hydrogens (tertiary/aromatic N) is 1. The van der Waals surface area contributed by atoms with Crippen molar-refractivity contribution in [1.29, 1.82) is 0 Å². The molecule has 0 aromatic heterocycles. The number of aliphatic hydroxyl groups excluding tert-OH is 1. The number of aliphatic hydroxyl groups is 1. The van der Waals surface area contributed by atoms with Crippen molar-refractivity contribution in [2.45, 2.75) is 26.9 Å². The average Bonchev–Trinajstić information content (AvgIpc) is 2.33. The van der Waals surface area contributed by atoms with Crippen molar-refractivity contribution >= 4 is 11.4 Å². The van der Waals surface area contributed by atoms with Crippen molar-refractivity contribution < 1.29 is 14.8 Å². The summed E-state index contributed by atoms with van der Waals surface area (Å²) < 4.78 is 4.98. The van der Waals surface area contributed by atoms with Gasteiger partial charge in [-0.3, -0.25) is 10.1 Å². The number of nitro benzene ring substituents is 1. The van der Waals surface area contributed by atoms with Gasteiger partial charge in [-0.2, -0.15) is 0 Å². The third kappa shape index (κ3) is 4.10. The summed E-state index contributed by atoms with van der Waals surface area (Å²) in [7, 11) is 1.39. The first kappa shape index (κ1) is 15.2. The Morgan fingerprint density at radius 2 is 2.11 bits per heavy atom. The Kier molecular flexibility index (Phi) is 4.72. The molecule has 0 spiro atoms. The van der Waals surface area contributed by atoms with Crippen molar-refractivity contribution in [1.82, 2.24) is 0 Å². The van der Waals surface area contributed by atoms with Crippen LogP contribution in [0.2, 0.25) is 0 Å². The fraction of sp³-hybridized carbons (Fsp3) is 0.538. The first-order valence-electron chi connectivity index (χ1n) is 6.00. The van der Waals surface area contributed by atoms with Gasteiger partial charge < -0.3 is 15.2 Å². The lowest BCUT2D eigenvalue weighted by molar-refractivity contribution is -0.385. The van der Waals surface area contributed by atoms with E-state index in [-0.39, 0.29) is 16.9 Å². The Bertz CT molecular complexity index is 454. The fourth-order valence-electron chi connectivity index (χ4n) is 1.46. The van der Waals surface area contributed by atoms with Crippen molar-refractivity contribution in [3.8, 4) is 5.75 Å². The van der Waals surface area contributed by atoms with Gasteiger partial charge in [-0.25, -0.2) is 0 Å². The van der Waals surface area contributed by atoms with Crippen LogP contribution in [-0.2, 0) is 0 Å². The van der Waals surface area contributed by atoms with Crippen LogP contribution < -0.4 is 10.1 Å². The molecule has 2 N–H and O–H groups in total. The normalized spacial score (nSPS) is 12.9. The summed E-state index contributed by atoms with van der Waals surface area (Å²) in [5.41, 5.74) is 0.368. The largest absolute Gasteiger partial charge is 0.490 e. The van der Waals surface area contributed by atoms with E-state index in [1.807, 2.05) is 20.8 Å². The first-order chi connectivity index (χ1) is 8.75. The summed E-state index contributed by atoms with van der Waals surface area (Å²) in [6.07, 6.45) is -0.520. The van der Waals surface area contributed by atoms with Crippen LogP contribution in [0.3, 0.4) is 0 Å². The minimum atomic E-state index is -0.520. The van der Waals surface area contributed by atoms with Crippen LogP contribution >= 0.6 is 0 Å². The fourth-order valence-corrected chi connectivity index (χ4v) is 1.46. The standard InChI is InChI=1S/C13H20N2O4/c1-13(2,3)12(16)8-14-9-5-6-10(15(17)18)11(7-9)19-4/h5-7,12,14,16H,8H2,1-4H3. The van der Waals surface area contributed by atoms with Gasteiger partial charge >= 0.3 is 5.69 Å². The highest BCUT2D eigenvalue weighted by molar-refractivity contribution is 5.58. The number of nitro groups is 1. The molecule has 1 aromatic carbocycles. The Labute approximate surface area is 112 Å². The number of hydrogen-bond donors (Lipinski definition) is 2. The van der Waals surface area contributed by atoms with E-state index in [0.717, 1.165) is 0 Å². The number of nitrogens with one attached hydrogen (secondary N) is 1. The van der Waals surface area contributed by atoms with E-state index in [1.54, 1.807) is 12.1 Å². The molecule has 1 unspecified atom stereocenters. The lowest BCUT2D eigenvalue weighted by Crippen LogP contribution is -2.32. The van der Waals surface area contributed by atoms with Crippen LogP contribution in [0.1, 0.15) is 20.8 Å². The molecule has 19 heavy (non-hydrogen) atoms. The summed E-state index contributed by atoms with van der Waals surface area (Å²) in [6.45, 7) is 6.19. The summed E-state index contributed by atoms with van der Waals surface area (Å²) in [6, 6.07) is 4.52. The molecule has 0 aliphatic carbocycles. The molecule has 6 heteroatoms. The first-order valence-corrected chi connectivity index (χ1v) is 6.00. The van der Waals surface area contributed by atoms with Gasteiger partial charge in [-0.1, -0.05) is 20.8 Å². The van der Waals surface area contributed by atoms with Gasteiger partial charge in [0.1, 0.15) is 0 Å². The van der Waals surface area contributed by atoms with Crippen molar-refractivity contribution in [2.75, 3.05) is 19.0 Å². The summed E-state index contributed by atoms with van der Waals surface area (Å²) >= 11 is 0. The average molecular weight is 268 g/mol. The van der Waals surface area contributed by atoms with Crippen LogP contribution in [0.4, 0.5) is 11.4 Å². The second-order valence-electron chi connectivity index (χ2n) is 5.41. The van der Waals surface area contributed by atoms with Crippen molar-refractivity contribution in [2.24, 2.45) is 5.41 Å². The molecule has 0 saturated carbocycles. The molecule has 0 aliphatic heterocycles. The van der Waals surface area contributed by atoms with Gasteiger partial charge in [-0.15, -0.1) is 0 Å². The predicted octanol–water partition coefficient (Wildman–Crippen LogP) is 2.42. The van der Waals surface area contributed by atoms with Gasteiger partial charge in [0.15, 0.2) is 5.75 Å². The minimum Gasteiger partial charge on any atom is -0.490 e. The van der Waals surface area contributed by atoms with Gasteiger partial charge in [0.25, 0.3) is 0 Å². The van der Waals surface area contributed by atoms with Crippen molar-refractivity contribution in [3.05, 3.63) is 28.3 Å². The minimum absolute atomic E-state index is 0.0792. The molecule has 0 radical (unpaired) electrons. The topological polar surface area (TPSA) is 84.6 Å². The third-order valence-electron chi connectivity index (χ3n) is 2.88. The molecule has 0 heterocycles. The van der Waals surface area contributed by atoms with Crippen LogP contribution in [0.5, 0.6) is 5.75 Å². The Morgan fingerprint density at radius 3 is 2.58 bits per heavy atom. The zero-order valence-corrected chi connectivity index (χ0v) is 11.6. The molecular weight excluding hydrogens is 248 g/mol. The molecule has 106 valence electrons. The van der Waals surface area contributed by atoms with Crippen LogP contribution in [0.15, 0.2) is 18.2 Å². The molecule has 0 bridgehead atoms. The number of benzene rings is 1. The highest BCUT2D eigenvalue weighted by Crippen LogP contribution is 2.30. The van der Waals surface area contributed by atoms with Gasteiger partial charge in [0, 0.05) is 24.4 Å². The molecule has 1 rings (SSSR count). The van der Waals surface area contributed by atoms with Crippen molar-refractivity contribution in [3.63, 3.8) is 0 Å². The lowest BCUT2D eigenvalue weighted by atomic mass is 9.89. The number of anilines is 1. The molecular formula is C13H20N2O4. The molecule has 0 saturated heterocycles. The second-order valence-corrected chi connectivity index (χ2v) is 5.41. The van der Waals surface area contributed by atoms with E-state index >= 15 is 0 Å². The quantitative estimate of drug-likeness (QED) is 0.632. The van der Waals surface area contributed by atoms with E-state index < -0.39 is 11.0 Å². The van der Waals surface area contributed by atoms with E-state index in [1.165, 1.54) is 13.2 Å². The lowest BCUT2D eigenvalue weighted by Gasteiger charge is -2.26. The van der Waals surface area contributed by atoms with Gasteiger partial charge in [0.2, 0.25) is 0 Å². The Balaban J connectivity index is 2.78. The zero-order valence-electron chi connectivity index (χ0n) is 11.6. The number of ether oxygens (including phenoxy) is 1. The highest BCUT2D eigenvalue weighted by atomic mass is 16.6. The number of rotatable bonds is 5. The van der Waals surface area contributed by atoms with Crippen LogP contribution in [-0.4, -0.2) is 29.8 Å². The predicted molar refractivity (Wildman–Crippen MR) is 73.6 cm³/mol. The summed E-state index contributed by atoms with van der Waals surface area (Å²) in [5.74, 6) is 0.195. The maximum Gasteiger partial charge on any atom is 0.311 e. The maximum absolute atomic E-state index is 10.8. The maximum atomic E-state index is 10.8. The molecule has 0 fully saturated rings. The van der Waals surface area contributed by atoms with Gasteiger partial charge in [0.05, 0.1) is 18.1 Å². The molecule has 1 atom stereocenters. The summed E-state index contributed by atoms with van der Waals surface area (Å²) in [5, 5.41) is 23.7. The highest BCUT2D eigenvalue weighted by Gasteiger charge is 2.22. The molecule has 0 aliphatic rings. The third-order valence-corrected chi connectivity index (χ3v) is 2.88. The van der Waals surface area contributed by atoms with E-state index in [2.05, 4.69) is 5.32 Å². The molecule has 1 aromatic rings. The van der Waals surface area contributed by atoms with E-state index in [4.69, 9.17) is 4.74 Å². The van der Waals surface area contributed by atoms with Crippen LogP contribution in [0, 0.1) is 15.5 Å². The molecule has 0 amide bonds. The van der Waals surface area contributed by atoms with E-state index in [9.17, 15) is 15.2 Å². The summed E-state index contributed by atoms with van der Waals surface area (Å²) in [4.78, 5) is 10.3. The van der Waals surface area contributed by atoms with Gasteiger partial charge in [-0.05, 0) is 11.5 Å². The zero-order chi connectivity index (χ0) is 14.6. The Morgan fingerprint density at radius 1 is 1.47 bits per heavy atom. The molecule has 6 nitrogen and oxygen atoms in total. The second kappa shape index (κ2) is 5.88. The van der Waals surface area contributed by atoms with E-state index in [0.29, 0.717) is 12.2 Å². The number of methoxy groups -OCH3 is 1. The smallest absolute Gasteiger partial charge is 0.311 e. The Hall–Kier alpha value is -1.82. The monoisotopic (exact) mass is 268 g/mol. The SMILES string of the molecule is COc1cc(NCC(O)C(C)(C)C)ccc1[N+](=O)[O-]. The van der Waals surface area contributed by atoms with Crippen LogP contribution in [0.25, 0.3) is 0 Å².